The highest BCUT2D eigenvalue weighted by Gasteiger charge is 2.65. The summed E-state index contributed by atoms with van der Waals surface area (Å²) in [6.07, 6.45) is 1.32. The minimum absolute atomic E-state index is 0.131. The third-order valence-electron chi connectivity index (χ3n) is 10.3. The van der Waals surface area contributed by atoms with Gasteiger partial charge in [0.25, 0.3) is 0 Å². The Kier molecular flexibility index (Phi) is 8.99. The highest BCUT2D eigenvalue weighted by atomic mass is 16.8. The van der Waals surface area contributed by atoms with Crippen molar-refractivity contribution < 1.29 is 43.1 Å². The van der Waals surface area contributed by atoms with Crippen LogP contribution in [0.2, 0.25) is 0 Å². The average molecular weight is 606 g/mol. The minimum Gasteiger partial charge on any atom is -0.469 e. The Balaban J connectivity index is 1.59. The molecular formula is C33H51NO9. The molecule has 0 saturated carbocycles. The fourth-order valence-corrected chi connectivity index (χ4v) is 7.96. The summed E-state index contributed by atoms with van der Waals surface area (Å²) >= 11 is 0. The lowest BCUT2D eigenvalue weighted by Crippen LogP contribution is -2.59. The molecule has 1 unspecified atom stereocenters. The van der Waals surface area contributed by atoms with Crippen molar-refractivity contribution in [2.45, 2.75) is 134 Å². The van der Waals surface area contributed by atoms with Crippen LogP contribution in [-0.2, 0) is 34.9 Å². The zero-order valence-corrected chi connectivity index (χ0v) is 27.1. The number of carbonyl (C=O) groups is 1. The molecule has 4 aliphatic heterocycles. The van der Waals surface area contributed by atoms with E-state index in [1.165, 1.54) is 0 Å². The van der Waals surface area contributed by atoms with Crippen LogP contribution in [0.25, 0.3) is 0 Å². The van der Waals surface area contributed by atoms with E-state index in [0.717, 1.165) is 11.3 Å². The Morgan fingerprint density at radius 2 is 1.81 bits per heavy atom. The van der Waals surface area contributed by atoms with Crippen molar-refractivity contribution in [3.05, 3.63) is 35.8 Å². The maximum absolute atomic E-state index is 13.5. The van der Waals surface area contributed by atoms with E-state index >= 15 is 0 Å². The van der Waals surface area contributed by atoms with Crippen molar-refractivity contribution in [1.82, 2.24) is 4.90 Å². The molecule has 0 aromatic carbocycles. The third-order valence-corrected chi connectivity index (χ3v) is 10.3. The van der Waals surface area contributed by atoms with Crippen LogP contribution in [0.4, 0.5) is 0 Å². The molecule has 3 fully saturated rings. The number of ether oxygens (including phenoxy) is 5. The number of aliphatic hydroxyl groups is 2. The van der Waals surface area contributed by atoms with Crippen molar-refractivity contribution in [1.29, 1.82) is 0 Å². The smallest absolute Gasteiger partial charge is 0.311 e. The lowest BCUT2D eigenvalue weighted by molar-refractivity contribution is -0.328. The standard InChI is InChI=1S/C33H51NO9/c1-10-25-31(6)17-22(15-23-12-11-13-38-23)33(42-31)18(2)16-32(7,43-33)28(20(4)26(35)21(5)29(37)40-25)41-30-27(36)24(34(8)9)14-19(3)39-30/h11-13,17-21,24-28,30,35-36H,10,14-16H2,1-9H3/t18-,19-,20+,21-,24+,25-,26+,27-,28-,30+,31+,32-,33?/m1/s1. The monoisotopic (exact) mass is 605 g/mol. The molecule has 3 bridgehead atoms. The SMILES string of the molecule is CC[C@H]1OC(=O)[C@H](C)[C@@H](O)[C@H](C)[C@@H](O[C@@H]2O[C@H](C)C[C@H](N(C)C)[C@H]2O)[C@@]2(C)C[C@@H](C)C3(O2)O[C@@]1(C)C=C3Cc1ccco1. The number of likely N-dealkylation sites (N-methyl/N-ethyl adjacent to an activating group) is 1. The third kappa shape index (κ3) is 5.73. The molecule has 5 rings (SSSR count). The first-order valence-electron chi connectivity index (χ1n) is 15.8. The molecule has 13 atom stereocenters. The molecule has 5 heterocycles. The number of hydrogen-bond donors (Lipinski definition) is 2. The zero-order chi connectivity index (χ0) is 31.5. The highest BCUT2D eigenvalue weighted by Crippen LogP contribution is 2.57. The van der Waals surface area contributed by atoms with Gasteiger partial charge >= 0.3 is 5.97 Å². The summed E-state index contributed by atoms with van der Waals surface area (Å²) in [6, 6.07) is 3.60. The Morgan fingerprint density at radius 1 is 1.09 bits per heavy atom. The number of carbonyl (C=O) groups excluding carboxylic acids is 1. The Labute approximate surface area is 255 Å². The zero-order valence-electron chi connectivity index (χ0n) is 27.1. The fraction of sp³-hybridized carbons (Fsp3) is 0.788. The number of hydrogen-bond acceptors (Lipinski definition) is 10. The quantitative estimate of drug-likeness (QED) is 0.366. The second-order valence-electron chi connectivity index (χ2n) is 14.0. The molecule has 0 amide bonds. The molecule has 0 radical (unpaired) electrons. The largest absolute Gasteiger partial charge is 0.469 e. The molecule has 4 aliphatic rings. The predicted octanol–water partition coefficient (Wildman–Crippen LogP) is 3.83. The first kappa shape index (κ1) is 32.6. The summed E-state index contributed by atoms with van der Waals surface area (Å²) in [4.78, 5) is 15.5. The molecule has 2 N–H and O–H groups in total. The molecule has 0 aliphatic carbocycles. The number of furan rings is 1. The normalized spacial score (nSPS) is 47.2. The molecule has 3 saturated heterocycles. The fourth-order valence-electron chi connectivity index (χ4n) is 7.96. The lowest BCUT2D eigenvalue weighted by Gasteiger charge is -2.47. The van der Waals surface area contributed by atoms with Gasteiger partial charge in [-0.25, -0.2) is 0 Å². The van der Waals surface area contributed by atoms with Crippen LogP contribution in [0.3, 0.4) is 0 Å². The van der Waals surface area contributed by atoms with Gasteiger partial charge in [-0.2, -0.15) is 0 Å². The summed E-state index contributed by atoms with van der Waals surface area (Å²) in [6.45, 7) is 13.4. The predicted molar refractivity (Wildman–Crippen MR) is 158 cm³/mol. The van der Waals surface area contributed by atoms with Gasteiger partial charge in [-0.15, -0.1) is 0 Å². The first-order chi connectivity index (χ1) is 20.1. The van der Waals surface area contributed by atoms with Gasteiger partial charge < -0.3 is 43.2 Å². The average Bonchev–Trinajstić information content (AvgIpc) is 3.62. The van der Waals surface area contributed by atoms with Gasteiger partial charge in [0, 0.05) is 24.3 Å². The topological polar surface area (TPSA) is 120 Å². The van der Waals surface area contributed by atoms with E-state index in [1.54, 1.807) is 13.2 Å². The second-order valence-corrected chi connectivity index (χ2v) is 14.0. The van der Waals surface area contributed by atoms with Crippen LogP contribution in [0.15, 0.2) is 34.5 Å². The summed E-state index contributed by atoms with van der Waals surface area (Å²) in [5, 5.41) is 23.0. The van der Waals surface area contributed by atoms with Gasteiger partial charge in [-0.05, 0) is 84.8 Å². The number of esters is 1. The van der Waals surface area contributed by atoms with Crippen molar-refractivity contribution in [2.24, 2.45) is 17.8 Å². The van der Waals surface area contributed by atoms with Crippen molar-refractivity contribution in [2.75, 3.05) is 14.1 Å². The van der Waals surface area contributed by atoms with Crippen LogP contribution in [0.1, 0.15) is 73.5 Å². The van der Waals surface area contributed by atoms with E-state index in [1.807, 2.05) is 71.8 Å². The molecular weight excluding hydrogens is 554 g/mol. The first-order valence-corrected chi connectivity index (χ1v) is 15.8. The summed E-state index contributed by atoms with van der Waals surface area (Å²) < 4.78 is 38.8. The van der Waals surface area contributed by atoms with Crippen LogP contribution >= 0.6 is 0 Å². The second kappa shape index (κ2) is 11.9. The lowest BCUT2D eigenvalue weighted by atomic mass is 9.78. The minimum atomic E-state index is -1.15. The van der Waals surface area contributed by atoms with Gasteiger partial charge in [0.15, 0.2) is 12.1 Å². The highest BCUT2D eigenvalue weighted by molar-refractivity contribution is 5.73. The molecule has 1 aromatic heterocycles. The Bertz CT molecular complexity index is 1170. The van der Waals surface area contributed by atoms with Gasteiger partial charge in [-0.1, -0.05) is 20.8 Å². The van der Waals surface area contributed by atoms with E-state index in [2.05, 4.69) is 6.92 Å². The van der Waals surface area contributed by atoms with E-state index in [9.17, 15) is 15.0 Å². The molecule has 10 heteroatoms. The number of cyclic esters (lactones) is 1. The van der Waals surface area contributed by atoms with Crippen molar-refractivity contribution >= 4 is 5.97 Å². The molecule has 242 valence electrons. The van der Waals surface area contributed by atoms with Gasteiger partial charge in [-0.3, -0.25) is 4.79 Å². The summed E-state index contributed by atoms with van der Waals surface area (Å²) in [7, 11) is 3.85. The van der Waals surface area contributed by atoms with Crippen LogP contribution < -0.4 is 0 Å². The van der Waals surface area contributed by atoms with E-state index in [4.69, 9.17) is 28.1 Å². The summed E-state index contributed by atoms with van der Waals surface area (Å²) in [5.41, 5.74) is -1.06. The van der Waals surface area contributed by atoms with Crippen LogP contribution in [0.5, 0.6) is 0 Å². The van der Waals surface area contributed by atoms with E-state index < -0.39 is 65.5 Å². The number of nitrogens with zero attached hydrogens (tertiary/aromatic N) is 1. The van der Waals surface area contributed by atoms with Crippen molar-refractivity contribution in [3.8, 4) is 0 Å². The van der Waals surface area contributed by atoms with Gasteiger partial charge in [0.1, 0.15) is 23.6 Å². The van der Waals surface area contributed by atoms with Gasteiger partial charge in [0.2, 0.25) is 0 Å². The van der Waals surface area contributed by atoms with E-state index in [-0.39, 0.29) is 18.1 Å². The number of rotatable bonds is 6. The number of fused-ring (bicyclic) bond motifs is 2. The Hall–Kier alpha value is -1.79. The molecule has 10 nitrogen and oxygen atoms in total. The summed E-state index contributed by atoms with van der Waals surface area (Å²) in [5.74, 6) is -2.45. The van der Waals surface area contributed by atoms with E-state index in [0.29, 0.717) is 25.7 Å². The van der Waals surface area contributed by atoms with Gasteiger partial charge in [0.05, 0.1) is 36.1 Å². The molecule has 1 aromatic rings. The molecule has 1 spiro atoms. The molecule has 43 heavy (non-hydrogen) atoms. The Morgan fingerprint density at radius 3 is 2.44 bits per heavy atom. The van der Waals surface area contributed by atoms with Crippen LogP contribution in [-0.4, -0.2) is 95.0 Å². The number of aliphatic hydroxyl groups excluding tert-OH is 2. The van der Waals surface area contributed by atoms with Crippen molar-refractivity contribution in [3.63, 3.8) is 0 Å². The maximum Gasteiger partial charge on any atom is 0.311 e. The maximum atomic E-state index is 13.5. The van der Waals surface area contributed by atoms with Crippen LogP contribution in [0, 0.1) is 17.8 Å².